The number of amides is 2. The van der Waals surface area contributed by atoms with Gasteiger partial charge in [-0.05, 0) is 31.0 Å². The molecule has 1 aliphatic rings. The molecule has 1 fully saturated rings. The summed E-state index contributed by atoms with van der Waals surface area (Å²) in [5.74, 6) is -0.731. The zero-order valence-electron chi connectivity index (χ0n) is 13.1. The van der Waals surface area contributed by atoms with E-state index in [1.807, 2.05) is 0 Å². The standard InChI is InChI=1S/C16H22ClN3O2/c1-12-4-3-5-14(13(12)2)19-8-10-20(11-9-19)16(22)15(21)18-7-6-17/h3-5H,6-11H2,1-2H3,(H,18,21). The lowest BCUT2D eigenvalue weighted by Crippen LogP contribution is -2.53. The topological polar surface area (TPSA) is 52.7 Å². The van der Waals surface area contributed by atoms with Gasteiger partial charge in [0.25, 0.3) is 0 Å². The summed E-state index contributed by atoms with van der Waals surface area (Å²) in [6.45, 7) is 7.11. The molecule has 120 valence electrons. The molecule has 0 bridgehead atoms. The number of carbonyl (C=O) groups excluding carboxylic acids is 2. The molecule has 0 unspecified atom stereocenters. The van der Waals surface area contributed by atoms with Crippen molar-refractivity contribution in [3.8, 4) is 0 Å². The number of hydrogen-bond donors (Lipinski definition) is 1. The van der Waals surface area contributed by atoms with Crippen LogP contribution in [0.1, 0.15) is 11.1 Å². The molecular formula is C16H22ClN3O2. The lowest BCUT2D eigenvalue weighted by atomic mass is 10.1. The van der Waals surface area contributed by atoms with Gasteiger partial charge in [-0.2, -0.15) is 0 Å². The van der Waals surface area contributed by atoms with Crippen LogP contribution in [0, 0.1) is 13.8 Å². The summed E-state index contributed by atoms with van der Waals surface area (Å²) in [6, 6.07) is 6.25. The van der Waals surface area contributed by atoms with Gasteiger partial charge in [0.2, 0.25) is 0 Å². The Bertz CT molecular complexity index is 554. The van der Waals surface area contributed by atoms with Crippen molar-refractivity contribution in [2.75, 3.05) is 43.5 Å². The molecule has 0 atom stereocenters. The van der Waals surface area contributed by atoms with E-state index in [1.165, 1.54) is 16.8 Å². The predicted octanol–water partition coefficient (Wildman–Crippen LogP) is 1.31. The number of hydrogen-bond acceptors (Lipinski definition) is 3. The minimum Gasteiger partial charge on any atom is -0.368 e. The average molecular weight is 324 g/mol. The van der Waals surface area contributed by atoms with Crippen LogP contribution in [0.5, 0.6) is 0 Å². The molecule has 1 heterocycles. The Hall–Kier alpha value is -1.75. The molecule has 1 aliphatic heterocycles. The van der Waals surface area contributed by atoms with E-state index in [0.29, 0.717) is 25.5 Å². The monoisotopic (exact) mass is 323 g/mol. The van der Waals surface area contributed by atoms with Gasteiger partial charge >= 0.3 is 11.8 Å². The number of halogens is 1. The number of alkyl halides is 1. The van der Waals surface area contributed by atoms with E-state index < -0.39 is 11.8 Å². The minimum atomic E-state index is -0.569. The molecule has 22 heavy (non-hydrogen) atoms. The second-order valence-electron chi connectivity index (χ2n) is 5.44. The average Bonchev–Trinajstić information content (AvgIpc) is 2.54. The van der Waals surface area contributed by atoms with Crippen molar-refractivity contribution in [3.63, 3.8) is 0 Å². The Kier molecular flexibility index (Phi) is 5.66. The van der Waals surface area contributed by atoms with Crippen molar-refractivity contribution >= 4 is 29.1 Å². The number of aryl methyl sites for hydroxylation is 1. The first-order valence-corrected chi connectivity index (χ1v) is 8.02. The van der Waals surface area contributed by atoms with E-state index >= 15 is 0 Å². The van der Waals surface area contributed by atoms with Crippen LogP contribution in [0.2, 0.25) is 0 Å². The SMILES string of the molecule is Cc1cccc(N2CCN(C(=O)C(=O)NCCCl)CC2)c1C. The summed E-state index contributed by atoms with van der Waals surface area (Å²) in [6.07, 6.45) is 0. The molecule has 5 nitrogen and oxygen atoms in total. The van der Waals surface area contributed by atoms with E-state index in [1.54, 1.807) is 4.90 Å². The molecule has 1 saturated heterocycles. The Morgan fingerprint density at radius 2 is 1.86 bits per heavy atom. The van der Waals surface area contributed by atoms with Gasteiger partial charge in [-0.15, -0.1) is 11.6 Å². The lowest BCUT2D eigenvalue weighted by Gasteiger charge is -2.36. The number of rotatable bonds is 3. The fourth-order valence-corrected chi connectivity index (χ4v) is 2.70. The van der Waals surface area contributed by atoms with Crippen LogP contribution in [-0.2, 0) is 9.59 Å². The molecule has 0 aromatic heterocycles. The highest BCUT2D eigenvalue weighted by Crippen LogP contribution is 2.23. The number of nitrogens with one attached hydrogen (secondary N) is 1. The number of benzene rings is 1. The fraction of sp³-hybridized carbons (Fsp3) is 0.500. The Balaban J connectivity index is 1.94. The van der Waals surface area contributed by atoms with Crippen LogP contribution < -0.4 is 10.2 Å². The van der Waals surface area contributed by atoms with Crippen molar-refractivity contribution in [1.29, 1.82) is 0 Å². The van der Waals surface area contributed by atoms with Gasteiger partial charge in [-0.3, -0.25) is 9.59 Å². The third-order valence-corrected chi connectivity index (χ3v) is 4.25. The zero-order valence-corrected chi connectivity index (χ0v) is 13.8. The zero-order chi connectivity index (χ0) is 16.1. The molecule has 2 rings (SSSR count). The number of nitrogens with zero attached hydrogens (tertiary/aromatic N) is 2. The van der Waals surface area contributed by atoms with E-state index in [9.17, 15) is 9.59 Å². The van der Waals surface area contributed by atoms with Crippen molar-refractivity contribution in [1.82, 2.24) is 10.2 Å². The molecule has 0 radical (unpaired) electrons. The largest absolute Gasteiger partial charge is 0.368 e. The van der Waals surface area contributed by atoms with Gasteiger partial charge in [-0.1, -0.05) is 12.1 Å². The van der Waals surface area contributed by atoms with Crippen molar-refractivity contribution in [2.45, 2.75) is 13.8 Å². The first-order valence-electron chi connectivity index (χ1n) is 7.49. The summed E-state index contributed by atoms with van der Waals surface area (Å²) in [4.78, 5) is 27.6. The van der Waals surface area contributed by atoms with E-state index in [0.717, 1.165) is 13.1 Å². The van der Waals surface area contributed by atoms with E-state index in [4.69, 9.17) is 11.6 Å². The number of anilines is 1. The van der Waals surface area contributed by atoms with Crippen molar-refractivity contribution < 1.29 is 9.59 Å². The maximum atomic E-state index is 12.0. The summed E-state index contributed by atoms with van der Waals surface area (Å²) < 4.78 is 0. The van der Waals surface area contributed by atoms with Gasteiger partial charge in [0.15, 0.2) is 0 Å². The quantitative estimate of drug-likeness (QED) is 0.674. The summed E-state index contributed by atoms with van der Waals surface area (Å²) in [5, 5.41) is 2.51. The van der Waals surface area contributed by atoms with E-state index in [2.05, 4.69) is 42.3 Å². The van der Waals surface area contributed by atoms with Crippen molar-refractivity contribution in [3.05, 3.63) is 29.3 Å². The predicted molar refractivity (Wildman–Crippen MR) is 88.4 cm³/mol. The summed E-state index contributed by atoms with van der Waals surface area (Å²) in [7, 11) is 0. The highest BCUT2D eigenvalue weighted by atomic mass is 35.5. The smallest absolute Gasteiger partial charge is 0.312 e. The normalized spacial score (nSPS) is 14.9. The molecule has 1 aromatic rings. The molecule has 0 spiro atoms. The molecular weight excluding hydrogens is 302 g/mol. The third-order valence-electron chi connectivity index (χ3n) is 4.06. The molecule has 2 amide bonds. The molecule has 1 aromatic carbocycles. The minimum absolute atomic E-state index is 0.305. The maximum absolute atomic E-state index is 12.0. The van der Waals surface area contributed by atoms with Gasteiger partial charge in [0.1, 0.15) is 0 Å². The summed E-state index contributed by atoms with van der Waals surface area (Å²) >= 11 is 5.50. The first kappa shape index (κ1) is 16.6. The number of carbonyl (C=O) groups is 2. The second kappa shape index (κ2) is 7.49. The Labute approximate surface area is 136 Å². The van der Waals surface area contributed by atoms with Crippen molar-refractivity contribution in [2.24, 2.45) is 0 Å². The summed E-state index contributed by atoms with van der Waals surface area (Å²) in [5.41, 5.74) is 3.73. The number of piperazine rings is 1. The Morgan fingerprint density at radius 3 is 2.50 bits per heavy atom. The molecule has 0 saturated carbocycles. The third kappa shape index (κ3) is 3.71. The molecule has 1 N–H and O–H groups in total. The highest BCUT2D eigenvalue weighted by molar-refractivity contribution is 6.35. The second-order valence-corrected chi connectivity index (χ2v) is 5.82. The van der Waals surface area contributed by atoms with E-state index in [-0.39, 0.29) is 0 Å². The molecule has 0 aliphatic carbocycles. The van der Waals surface area contributed by atoms with Crippen LogP contribution in [-0.4, -0.2) is 55.3 Å². The Morgan fingerprint density at radius 1 is 1.18 bits per heavy atom. The molecule has 6 heteroatoms. The first-order chi connectivity index (χ1) is 10.5. The van der Waals surface area contributed by atoms with Gasteiger partial charge in [0, 0.05) is 44.3 Å². The van der Waals surface area contributed by atoms with Crippen LogP contribution in [0.4, 0.5) is 5.69 Å². The highest BCUT2D eigenvalue weighted by Gasteiger charge is 2.26. The van der Waals surface area contributed by atoms with Gasteiger partial charge in [0.05, 0.1) is 0 Å². The van der Waals surface area contributed by atoms with Crippen LogP contribution >= 0.6 is 11.6 Å². The van der Waals surface area contributed by atoms with Gasteiger partial charge < -0.3 is 15.1 Å². The van der Waals surface area contributed by atoms with Crippen LogP contribution in [0.3, 0.4) is 0 Å². The maximum Gasteiger partial charge on any atom is 0.312 e. The van der Waals surface area contributed by atoms with Crippen LogP contribution in [0.15, 0.2) is 18.2 Å². The fourth-order valence-electron chi connectivity index (χ4n) is 2.61. The van der Waals surface area contributed by atoms with Crippen LogP contribution in [0.25, 0.3) is 0 Å². The van der Waals surface area contributed by atoms with Gasteiger partial charge in [-0.25, -0.2) is 0 Å². The lowest BCUT2D eigenvalue weighted by molar-refractivity contribution is -0.146.